The number of aromatic carboxylic acids is 1. The van der Waals surface area contributed by atoms with Gasteiger partial charge in [-0.2, -0.15) is 11.8 Å². The average molecular weight is 303 g/mol. The molecule has 1 amide bonds. The molecule has 0 unspecified atom stereocenters. The lowest BCUT2D eigenvalue weighted by atomic mass is 10.1. The Kier molecular flexibility index (Phi) is 6.14. The Balaban J connectivity index is 2.81. The van der Waals surface area contributed by atoms with Crippen LogP contribution in [-0.4, -0.2) is 35.0 Å². The molecule has 1 aromatic carbocycles. The number of nitrogens with one attached hydrogen (secondary N) is 1. The van der Waals surface area contributed by atoms with E-state index in [1.54, 1.807) is 11.8 Å². The van der Waals surface area contributed by atoms with E-state index in [9.17, 15) is 9.59 Å². The summed E-state index contributed by atoms with van der Waals surface area (Å²) in [6.07, 6.45) is 2.45. The first kappa shape index (κ1) is 15.8. The summed E-state index contributed by atoms with van der Waals surface area (Å²) in [5, 5.41) is 11.8. The lowest BCUT2D eigenvalue weighted by molar-refractivity contribution is -0.117. The van der Waals surface area contributed by atoms with Gasteiger partial charge in [0.1, 0.15) is 0 Å². The van der Waals surface area contributed by atoms with Crippen molar-refractivity contribution in [1.82, 2.24) is 0 Å². The molecule has 0 aromatic heterocycles. The van der Waals surface area contributed by atoms with E-state index in [4.69, 9.17) is 22.4 Å². The number of hydrogen-bond acceptors (Lipinski definition) is 4. The Bertz CT molecular complexity index is 482. The molecule has 0 saturated heterocycles. The van der Waals surface area contributed by atoms with Crippen molar-refractivity contribution in [3.05, 3.63) is 28.8 Å². The normalized spacial score (nSPS) is 11.9. The lowest BCUT2D eigenvalue weighted by Gasteiger charge is -2.13. The van der Waals surface area contributed by atoms with E-state index in [1.807, 2.05) is 6.26 Å². The van der Waals surface area contributed by atoms with Crippen LogP contribution in [0.2, 0.25) is 5.02 Å². The van der Waals surface area contributed by atoms with Crippen molar-refractivity contribution in [2.75, 3.05) is 17.3 Å². The second kappa shape index (κ2) is 7.37. The highest BCUT2D eigenvalue weighted by Crippen LogP contribution is 2.21. The lowest BCUT2D eigenvalue weighted by Crippen LogP contribution is -2.36. The molecule has 1 rings (SSSR count). The smallest absolute Gasteiger partial charge is 0.337 e. The van der Waals surface area contributed by atoms with Gasteiger partial charge in [-0.3, -0.25) is 4.79 Å². The maximum atomic E-state index is 11.8. The zero-order valence-corrected chi connectivity index (χ0v) is 11.9. The number of halogens is 1. The summed E-state index contributed by atoms with van der Waals surface area (Å²) in [6.45, 7) is 0. The van der Waals surface area contributed by atoms with Crippen molar-refractivity contribution >= 4 is 40.9 Å². The highest BCUT2D eigenvalue weighted by molar-refractivity contribution is 7.98. The van der Waals surface area contributed by atoms with Crippen molar-refractivity contribution in [2.45, 2.75) is 12.5 Å². The molecule has 0 aliphatic heterocycles. The van der Waals surface area contributed by atoms with E-state index in [0.29, 0.717) is 11.4 Å². The molecule has 0 bridgehead atoms. The molecule has 0 fully saturated rings. The number of carbonyl (C=O) groups excluding carboxylic acids is 1. The van der Waals surface area contributed by atoms with Crippen LogP contribution in [0.1, 0.15) is 16.8 Å². The molecule has 5 nitrogen and oxygen atoms in total. The fourth-order valence-electron chi connectivity index (χ4n) is 1.40. The van der Waals surface area contributed by atoms with Crippen LogP contribution in [0.3, 0.4) is 0 Å². The van der Waals surface area contributed by atoms with Crippen LogP contribution in [0.5, 0.6) is 0 Å². The predicted molar refractivity (Wildman–Crippen MR) is 78.0 cm³/mol. The largest absolute Gasteiger partial charge is 0.478 e. The van der Waals surface area contributed by atoms with Crippen molar-refractivity contribution < 1.29 is 14.7 Å². The molecule has 1 atom stereocenters. The number of carboxylic acid groups (broad SMARTS) is 1. The van der Waals surface area contributed by atoms with Gasteiger partial charge in [-0.05, 0) is 36.6 Å². The number of hydrogen-bond donors (Lipinski definition) is 3. The molecular formula is C12H15ClN2O3S. The van der Waals surface area contributed by atoms with Gasteiger partial charge in [0.15, 0.2) is 0 Å². The minimum atomic E-state index is -1.16. The first-order valence-electron chi connectivity index (χ1n) is 5.54. The van der Waals surface area contributed by atoms with Crippen LogP contribution in [0.25, 0.3) is 0 Å². The first-order valence-corrected chi connectivity index (χ1v) is 7.31. The van der Waals surface area contributed by atoms with Gasteiger partial charge in [-0.15, -0.1) is 0 Å². The summed E-state index contributed by atoms with van der Waals surface area (Å²) in [5.41, 5.74) is 5.85. The minimum Gasteiger partial charge on any atom is -0.478 e. The van der Waals surface area contributed by atoms with E-state index in [1.165, 1.54) is 18.2 Å². The third-order valence-electron chi connectivity index (χ3n) is 2.44. The van der Waals surface area contributed by atoms with E-state index in [2.05, 4.69) is 5.32 Å². The summed E-state index contributed by atoms with van der Waals surface area (Å²) in [4.78, 5) is 22.9. The fourth-order valence-corrected chi connectivity index (χ4v) is 2.07. The number of carbonyl (C=O) groups is 2. The van der Waals surface area contributed by atoms with E-state index in [0.717, 1.165) is 5.75 Å². The molecule has 0 heterocycles. The highest BCUT2D eigenvalue weighted by Gasteiger charge is 2.17. The zero-order valence-electron chi connectivity index (χ0n) is 10.4. The standard InChI is InChI=1S/C12H15ClN2O3S/c1-19-5-4-9(14)11(16)15-10-3-2-7(13)6-8(10)12(17)18/h2-3,6,9H,4-5,14H2,1H3,(H,15,16)(H,17,18)/t9-/m1/s1. The van der Waals surface area contributed by atoms with Crippen molar-refractivity contribution in [3.63, 3.8) is 0 Å². The molecule has 0 spiro atoms. The number of benzene rings is 1. The number of anilines is 1. The average Bonchev–Trinajstić information content (AvgIpc) is 2.37. The van der Waals surface area contributed by atoms with Gasteiger partial charge >= 0.3 is 5.97 Å². The summed E-state index contributed by atoms with van der Waals surface area (Å²) in [7, 11) is 0. The van der Waals surface area contributed by atoms with Gasteiger partial charge in [-0.25, -0.2) is 4.79 Å². The number of amides is 1. The summed E-state index contributed by atoms with van der Waals surface area (Å²) in [6, 6.07) is 3.58. The van der Waals surface area contributed by atoms with Gasteiger partial charge in [-0.1, -0.05) is 11.6 Å². The van der Waals surface area contributed by atoms with Crippen molar-refractivity contribution in [3.8, 4) is 0 Å². The molecule has 4 N–H and O–H groups in total. The maximum Gasteiger partial charge on any atom is 0.337 e. The second-order valence-corrected chi connectivity index (χ2v) is 5.29. The minimum absolute atomic E-state index is 0.0575. The van der Waals surface area contributed by atoms with Crippen molar-refractivity contribution in [1.29, 1.82) is 0 Å². The maximum absolute atomic E-state index is 11.8. The molecule has 1 aromatic rings. The molecule has 104 valence electrons. The topological polar surface area (TPSA) is 92.4 Å². The van der Waals surface area contributed by atoms with Crippen LogP contribution in [-0.2, 0) is 4.79 Å². The molecule has 0 saturated carbocycles. The predicted octanol–water partition coefficient (Wildman–Crippen LogP) is 2.06. The van der Waals surface area contributed by atoms with Gasteiger partial charge in [0.2, 0.25) is 5.91 Å². The Morgan fingerprint density at radius 1 is 1.53 bits per heavy atom. The van der Waals surface area contributed by atoms with Crippen LogP contribution in [0.15, 0.2) is 18.2 Å². The molecule has 0 aliphatic carbocycles. The third-order valence-corrected chi connectivity index (χ3v) is 3.32. The fraction of sp³-hybridized carbons (Fsp3) is 0.333. The zero-order chi connectivity index (χ0) is 14.4. The van der Waals surface area contributed by atoms with Crippen molar-refractivity contribution in [2.24, 2.45) is 5.73 Å². The number of carboxylic acids is 1. The number of thioether (sulfide) groups is 1. The SMILES string of the molecule is CSCC[C@@H](N)C(=O)Nc1ccc(Cl)cc1C(=O)O. The Hall–Kier alpha value is -1.24. The third kappa shape index (κ3) is 4.74. The summed E-state index contributed by atoms with van der Waals surface area (Å²) < 4.78 is 0. The molecule has 0 radical (unpaired) electrons. The molecule has 0 aliphatic rings. The van der Waals surface area contributed by atoms with Crippen LogP contribution >= 0.6 is 23.4 Å². The summed E-state index contributed by atoms with van der Waals surface area (Å²) >= 11 is 7.32. The monoisotopic (exact) mass is 302 g/mol. The first-order chi connectivity index (χ1) is 8.95. The molecule has 7 heteroatoms. The van der Waals surface area contributed by atoms with Crippen LogP contribution < -0.4 is 11.1 Å². The molecule has 19 heavy (non-hydrogen) atoms. The van der Waals surface area contributed by atoms with Gasteiger partial charge in [0.05, 0.1) is 17.3 Å². The van der Waals surface area contributed by atoms with Crippen LogP contribution in [0, 0.1) is 0 Å². The van der Waals surface area contributed by atoms with Gasteiger partial charge in [0, 0.05) is 5.02 Å². The highest BCUT2D eigenvalue weighted by atomic mass is 35.5. The second-order valence-electron chi connectivity index (χ2n) is 3.87. The Morgan fingerprint density at radius 3 is 2.79 bits per heavy atom. The van der Waals surface area contributed by atoms with E-state index >= 15 is 0 Å². The van der Waals surface area contributed by atoms with E-state index in [-0.39, 0.29) is 11.3 Å². The van der Waals surface area contributed by atoms with Gasteiger partial charge in [0.25, 0.3) is 0 Å². The van der Waals surface area contributed by atoms with Crippen LogP contribution in [0.4, 0.5) is 5.69 Å². The molecular weight excluding hydrogens is 288 g/mol. The number of rotatable bonds is 6. The van der Waals surface area contributed by atoms with E-state index < -0.39 is 17.9 Å². The summed E-state index contributed by atoms with van der Waals surface area (Å²) in [5.74, 6) is -0.796. The Labute approximate surface area is 120 Å². The number of nitrogens with two attached hydrogens (primary N) is 1. The van der Waals surface area contributed by atoms with Gasteiger partial charge < -0.3 is 16.2 Å². The Morgan fingerprint density at radius 2 is 2.21 bits per heavy atom. The quantitative estimate of drug-likeness (QED) is 0.748.